The molecule has 4 aromatic rings. The molecule has 1 unspecified atom stereocenters. The first-order valence-corrected chi connectivity index (χ1v) is 12.1. The molecule has 0 radical (unpaired) electrons. The average molecular weight is 537 g/mol. The summed E-state index contributed by atoms with van der Waals surface area (Å²) in [5, 5.41) is 12.6. The highest BCUT2D eigenvalue weighted by molar-refractivity contribution is 6.52. The number of ketones is 1. The molecule has 1 atom stereocenters. The maximum absolute atomic E-state index is 13.6. The zero-order valence-corrected chi connectivity index (χ0v) is 21.7. The molecule has 0 aliphatic carbocycles. The second-order valence-corrected chi connectivity index (χ2v) is 9.29. The van der Waals surface area contributed by atoms with Crippen LogP contribution < -0.4 is 14.4 Å². The van der Waals surface area contributed by atoms with Crippen molar-refractivity contribution in [2.75, 3.05) is 19.1 Å². The van der Waals surface area contributed by atoms with Crippen molar-refractivity contribution < 1.29 is 24.2 Å². The number of halogens is 2. The Kier molecular flexibility index (Phi) is 6.35. The van der Waals surface area contributed by atoms with Gasteiger partial charge in [0.2, 0.25) is 0 Å². The minimum atomic E-state index is -0.933. The number of aliphatic hydroxyl groups is 1. The zero-order chi connectivity index (χ0) is 26.4. The van der Waals surface area contributed by atoms with Gasteiger partial charge < -0.3 is 19.1 Å². The van der Waals surface area contributed by atoms with E-state index in [9.17, 15) is 14.7 Å². The van der Waals surface area contributed by atoms with Crippen LogP contribution in [0.15, 0.2) is 72.4 Å². The average Bonchev–Trinajstić information content (AvgIpc) is 3.37. The molecule has 3 aromatic carbocycles. The van der Waals surface area contributed by atoms with Crippen LogP contribution in [-0.4, -0.2) is 35.6 Å². The van der Waals surface area contributed by atoms with E-state index in [0.29, 0.717) is 11.3 Å². The van der Waals surface area contributed by atoms with Crippen molar-refractivity contribution >= 4 is 57.2 Å². The Morgan fingerprint density at radius 1 is 0.946 bits per heavy atom. The molecule has 0 saturated carbocycles. The number of nitrogens with zero attached hydrogens (tertiary/aromatic N) is 2. The Morgan fingerprint density at radius 2 is 1.59 bits per heavy atom. The molecular weight excluding hydrogens is 515 g/mol. The normalized spacial score (nSPS) is 17.0. The van der Waals surface area contributed by atoms with E-state index in [0.717, 1.165) is 10.9 Å². The number of hydrogen-bond donors (Lipinski definition) is 1. The third-order valence-corrected chi connectivity index (χ3v) is 7.12. The summed E-state index contributed by atoms with van der Waals surface area (Å²) in [4.78, 5) is 28.5. The lowest BCUT2D eigenvalue weighted by atomic mass is 9.94. The third-order valence-electron chi connectivity index (χ3n) is 6.50. The van der Waals surface area contributed by atoms with E-state index in [4.69, 9.17) is 32.7 Å². The van der Waals surface area contributed by atoms with Crippen molar-refractivity contribution in [3.63, 3.8) is 0 Å². The highest BCUT2D eigenvalue weighted by Gasteiger charge is 2.48. The number of Topliss-reactive ketones (excluding diaryl/α,β-unsaturated/α-hetero) is 1. The second-order valence-electron chi connectivity index (χ2n) is 8.50. The lowest BCUT2D eigenvalue weighted by molar-refractivity contribution is -0.132. The van der Waals surface area contributed by atoms with Gasteiger partial charge in [-0.15, -0.1) is 0 Å². The number of aliphatic hydroxyl groups excluding tert-OH is 1. The monoisotopic (exact) mass is 536 g/mol. The highest BCUT2D eigenvalue weighted by atomic mass is 35.5. The SMILES string of the molecule is COc1c(Cl)cc(/C(O)=C2\C(=O)C(=O)N(c3ccccc3)C2c2cn(C)c3ccccc23)c(OC)c1Cl. The Hall–Kier alpha value is -3.94. The largest absolute Gasteiger partial charge is 0.507 e. The number of para-hydroxylation sites is 2. The summed E-state index contributed by atoms with van der Waals surface area (Å²) in [6.07, 6.45) is 1.86. The van der Waals surface area contributed by atoms with Gasteiger partial charge in [-0.05, 0) is 24.3 Å². The number of carbonyl (C=O) groups is 2. The number of methoxy groups -OCH3 is 2. The quantitative estimate of drug-likeness (QED) is 0.188. The van der Waals surface area contributed by atoms with Crippen LogP contribution in [0.1, 0.15) is 17.2 Å². The molecule has 188 valence electrons. The maximum atomic E-state index is 13.6. The summed E-state index contributed by atoms with van der Waals surface area (Å²) < 4.78 is 12.6. The van der Waals surface area contributed by atoms with Gasteiger partial charge in [0.05, 0.1) is 36.4 Å². The fourth-order valence-electron chi connectivity index (χ4n) is 4.86. The number of amides is 1. The van der Waals surface area contributed by atoms with Gasteiger partial charge in [0, 0.05) is 35.4 Å². The van der Waals surface area contributed by atoms with Crippen molar-refractivity contribution in [2.45, 2.75) is 6.04 Å². The molecule has 0 bridgehead atoms. The summed E-state index contributed by atoms with van der Waals surface area (Å²) in [6.45, 7) is 0. The van der Waals surface area contributed by atoms with Gasteiger partial charge in [-0.3, -0.25) is 14.5 Å². The molecule has 2 heterocycles. The van der Waals surface area contributed by atoms with Crippen molar-refractivity contribution in [3.8, 4) is 11.5 Å². The molecule has 5 rings (SSSR count). The van der Waals surface area contributed by atoms with Crippen LogP contribution in [-0.2, 0) is 16.6 Å². The number of rotatable bonds is 5. The Balaban J connectivity index is 1.84. The Labute approximate surface area is 223 Å². The summed E-state index contributed by atoms with van der Waals surface area (Å²) in [7, 11) is 4.65. The van der Waals surface area contributed by atoms with E-state index < -0.39 is 23.5 Å². The maximum Gasteiger partial charge on any atom is 0.300 e. The van der Waals surface area contributed by atoms with Crippen LogP contribution in [0, 0.1) is 0 Å². The molecule has 9 heteroatoms. The van der Waals surface area contributed by atoms with Crippen molar-refractivity contribution in [1.82, 2.24) is 4.57 Å². The molecule has 1 aliphatic rings. The summed E-state index contributed by atoms with van der Waals surface area (Å²) in [5.74, 6) is -1.85. The topological polar surface area (TPSA) is 81.0 Å². The molecule has 1 amide bonds. The number of ether oxygens (including phenoxy) is 2. The van der Waals surface area contributed by atoms with Crippen LogP contribution in [0.3, 0.4) is 0 Å². The van der Waals surface area contributed by atoms with Crippen molar-refractivity contribution in [2.24, 2.45) is 7.05 Å². The Morgan fingerprint density at radius 3 is 2.27 bits per heavy atom. The molecule has 1 N–H and O–H groups in total. The second kappa shape index (κ2) is 9.50. The standard InChI is InChI=1S/C28H22Cl2N2O5/c1-31-14-18(16-11-7-8-12-20(16)31)23-21(25(34)28(35)32(23)15-9-5-4-6-10-15)24(33)17-13-19(29)27(37-3)22(30)26(17)36-2/h4-14,23,33H,1-3H3/b24-21+. The lowest BCUT2D eigenvalue weighted by Gasteiger charge is -2.25. The van der Waals surface area contributed by atoms with Gasteiger partial charge in [0.25, 0.3) is 11.7 Å². The molecule has 1 aliphatic heterocycles. The van der Waals surface area contributed by atoms with E-state index >= 15 is 0 Å². The molecule has 7 nitrogen and oxygen atoms in total. The van der Waals surface area contributed by atoms with Gasteiger partial charge in [0.1, 0.15) is 10.8 Å². The predicted octanol–water partition coefficient (Wildman–Crippen LogP) is 6.13. The van der Waals surface area contributed by atoms with Crippen LogP contribution >= 0.6 is 23.2 Å². The number of fused-ring (bicyclic) bond motifs is 1. The molecule has 37 heavy (non-hydrogen) atoms. The van der Waals surface area contributed by atoms with Crippen LogP contribution in [0.25, 0.3) is 16.7 Å². The molecule has 0 spiro atoms. The minimum absolute atomic E-state index is 0.0260. The summed E-state index contributed by atoms with van der Waals surface area (Å²) >= 11 is 12.8. The summed E-state index contributed by atoms with van der Waals surface area (Å²) in [5.41, 5.74) is 2.05. The van der Waals surface area contributed by atoms with Crippen molar-refractivity contribution in [1.29, 1.82) is 0 Å². The number of aromatic nitrogens is 1. The van der Waals surface area contributed by atoms with E-state index in [2.05, 4.69) is 0 Å². The molecule has 1 saturated heterocycles. The Bertz CT molecular complexity index is 1590. The van der Waals surface area contributed by atoms with Crippen LogP contribution in [0.5, 0.6) is 11.5 Å². The smallest absolute Gasteiger partial charge is 0.300 e. The number of anilines is 1. The number of aryl methyl sites for hydroxylation is 1. The van der Waals surface area contributed by atoms with Gasteiger partial charge in [0.15, 0.2) is 11.5 Å². The van der Waals surface area contributed by atoms with Crippen LogP contribution in [0.2, 0.25) is 10.0 Å². The first-order chi connectivity index (χ1) is 17.8. The predicted molar refractivity (Wildman–Crippen MR) is 144 cm³/mol. The fourth-order valence-corrected chi connectivity index (χ4v) is 5.55. The van der Waals surface area contributed by atoms with E-state index in [-0.39, 0.29) is 32.7 Å². The number of benzene rings is 3. The van der Waals surface area contributed by atoms with Crippen molar-refractivity contribution in [3.05, 3.63) is 93.6 Å². The number of carbonyl (C=O) groups excluding carboxylic acids is 2. The lowest BCUT2D eigenvalue weighted by Crippen LogP contribution is -2.29. The summed E-state index contributed by atoms with van der Waals surface area (Å²) in [6, 6.07) is 17.0. The van der Waals surface area contributed by atoms with Gasteiger partial charge in [-0.2, -0.15) is 0 Å². The van der Waals surface area contributed by atoms with Gasteiger partial charge in [-0.1, -0.05) is 59.6 Å². The third kappa shape index (κ3) is 3.82. The first kappa shape index (κ1) is 24.7. The molecule has 1 fully saturated rings. The highest BCUT2D eigenvalue weighted by Crippen LogP contribution is 2.49. The van der Waals surface area contributed by atoms with E-state index in [1.807, 2.05) is 48.1 Å². The van der Waals surface area contributed by atoms with Crippen LogP contribution in [0.4, 0.5) is 5.69 Å². The minimum Gasteiger partial charge on any atom is -0.507 e. The molecular formula is C28H22Cl2N2O5. The zero-order valence-electron chi connectivity index (χ0n) is 20.2. The fraction of sp³-hybridized carbons (Fsp3) is 0.143. The molecule has 1 aromatic heterocycles. The van der Waals surface area contributed by atoms with Gasteiger partial charge >= 0.3 is 0 Å². The number of hydrogen-bond acceptors (Lipinski definition) is 5. The van der Waals surface area contributed by atoms with Gasteiger partial charge in [-0.25, -0.2) is 0 Å². The van der Waals surface area contributed by atoms with E-state index in [1.54, 1.807) is 24.3 Å². The first-order valence-electron chi connectivity index (χ1n) is 11.3. The van der Waals surface area contributed by atoms with E-state index in [1.165, 1.54) is 25.2 Å².